The fourth-order valence-corrected chi connectivity index (χ4v) is 2.05. The Bertz CT molecular complexity index is 688. The van der Waals surface area contributed by atoms with Gasteiger partial charge in [0.25, 0.3) is 5.91 Å². The highest BCUT2D eigenvalue weighted by atomic mass is 127. The van der Waals surface area contributed by atoms with E-state index in [9.17, 15) is 14.7 Å². The molecule has 0 fully saturated rings. The maximum Gasteiger partial charge on any atom is 0.337 e. The van der Waals surface area contributed by atoms with Crippen LogP contribution in [0.1, 0.15) is 20.8 Å². The van der Waals surface area contributed by atoms with E-state index in [0.717, 1.165) is 3.57 Å². The molecular weight excluding hydrogens is 375 g/mol. The van der Waals surface area contributed by atoms with E-state index in [4.69, 9.17) is 5.11 Å². The number of carbonyl (C=O) groups excluding carboxylic acids is 1. The first-order valence-electron chi connectivity index (χ1n) is 5.47. The minimum atomic E-state index is -1.15. The lowest BCUT2D eigenvalue weighted by molar-refractivity contribution is 0.0698. The number of nitrogens with one attached hydrogen (secondary N) is 1. The Balaban J connectivity index is 2.33. The molecule has 7 heteroatoms. The van der Waals surface area contributed by atoms with Crippen LogP contribution in [0.15, 0.2) is 36.5 Å². The molecule has 1 amide bonds. The largest absolute Gasteiger partial charge is 0.505 e. The van der Waals surface area contributed by atoms with Gasteiger partial charge in [-0.3, -0.25) is 4.79 Å². The number of amides is 1. The Morgan fingerprint density at radius 1 is 1.25 bits per heavy atom. The molecule has 6 nitrogen and oxygen atoms in total. The van der Waals surface area contributed by atoms with Crippen LogP contribution < -0.4 is 5.32 Å². The molecule has 2 aromatic rings. The minimum absolute atomic E-state index is 0.0272. The number of aromatic carboxylic acids is 1. The van der Waals surface area contributed by atoms with Gasteiger partial charge in [-0.05, 0) is 52.9 Å². The van der Waals surface area contributed by atoms with Crippen molar-refractivity contribution in [3.63, 3.8) is 0 Å². The number of carbonyl (C=O) groups is 2. The Morgan fingerprint density at radius 2 is 2.00 bits per heavy atom. The van der Waals surface area contributed by atoms with E-state index in [0.29, 0.717) is 0 Å². The highest BCUT2D eigenvalue weighted by molar-refractivity contribution is 14.1. The number of aromatic hydroxyl groups is 1. The Kier molecular flexibility index (Phi) is 4.18. The number of carboxylic acid groups (broad SMARTS) is 1. The first-order chi connectivity index (χ1) is 9.49. The van der Waals surface area contributed by atoms with E-state index >= 15 is 0 Å². The monoisotopic (exact) mass is 384 g/mol. The molecule has 3 N–H and O–H groups in total. The van der Waals surface area contributed by atoms with Crippen LogP contribution in [0.2, 0.25) is 0 Å². The van der Waals surface area contributed by atoms with Gasteiger partial charge in [-0.1, -0.05) is 0 Å². The summed E-state index contributed by atoms with van der Waals surface area (Å²) in [5.41, 5.74) is -0.0453. The van der Waals surface area contributed by atoms with Crippen molar-refractivity contribution >= 4 is 40.2 Å². The maximum absolute atomic E-state index is 12.0. The fourth-order valence-electron chi connectivity index (χ4n) is 1.56. The average molecular weight is 384 g/mol. The van der Waals surface area contributed by atoms with Crippen molar-refractivity contribution in [2.24, 2.45) is 0 Å². The smallest absolute Gasteiger partial charge is 0.337 e. The van der Waals surface area contributed by atoms with Crippen molar-refractivity contribution in [3.8, 4) is 5.75 Å². The lowest BCUT2D eigenvalue weighted by atomic mass is 10.1. The summed E-state index contributed by atoms with van der Waals surface area (Å²) < 4.78 is 0.735. The molecule has 0 saturated heterocycles. The summed E-state index contributed by atoms with van der Waals surface area (Å²) in [7, 11) is 0. The molecule has 102 valence electrons. The lowest BCUT2D eigenvalue weighted by Crippen LogP contribution is -2.16. The predicted molar refractivity (Wildman–Crippen MR) is 80.0 cm³/mol. The molecule has 0 aliphatic rings. The molecule has 0 atom stereocenters. The topological polar surface area (TPSA) is 99.5 Å². The summed E-state index contributed by atoms with van der Waals surface area (Å²) in [6.07, 6.45) is 1.36. The zero-order chi connectivity index (χ0) is 14.7. The van der Waals surface area contributed by atoms with Crippen LogP contribution in [0.25, 0.3) is 0 Å². The number of nitrogens with zero attached hydrogens (tertiary/aromatic N) is 1. The molecule has 1 aromatic heterocycles. The molecular formula is C13H9IN2O4. The first-order valence-corrected chi connectivity index (χ1v) is 6.55. The normalized spacial score (nSPS) is 10.1. The van der Waals surface area contributed by atoms with Crippen LogP contribution in [-0.4, -0.2) is 27.1 Å². The highest BCUT2D eigenvalue weighted by Crippen LogP contribution is 2.21. The molecule has 0 bridgehead atoms. The molecule has 0 aliphatic heterocycles. The number of pyridine rings is 1. The van der Waals surface area contributed by atoms with Crippen LogP contribution >= 0.6 is 22.6 Å². The number of rotatable bonds is 3. The molecule has 0 radical (unpaired) electrons. The number of aromatic nitrogens is 1. The molecule has 0 aliphatic carbocycles. The van der Waals surface area contributed by atoms with Crippen molar-refractivity contribution in [2.45, 2.75) is 0 Å². The third-order valence-corrected chi connectivity index (χ3v) is 3.13. The second kappa shape index (κ2) is 5.87. The molecule has 20 heavy (non-hydrogen) atoms. The van der Waals surface area contributed by atoms with E-state index in [-0.39, 0.29) is 22.7 Å². The van der Waals surface area contributed by atoms with Gasteiger partial charge in [-0.2, -0.15) is 0 Å². The summed E-state index contributed by atoms with van der Waals surface area (Å²) in [5.74, 6) is -2.09. The van der Waals surface area contributed by atoms with Gasteiger partial charge in [-0.25, -0.2) is 9.78 Å². The van der Waals surface area contributed by atoms with Crippen molar-refractivity contribution < 1.29 is 19.8 Å². The van der Waals surface area contributed by atoms with Gasteiger partial charge in [0, 0.05) is 9.77 Å². The highest BCUT2D eigenvalue weighted by Gasteiger charge is 2.16. The van der Waals surface area contributed by atoms with E-state index in [1.165, 1.54) is 30.5 Å². The van der Waals surface area contributed by atoms with Crippen LogP contribution in [0.4, 0.5) is 5.69 Å². The SMILES string of the molecule is O=C(O)c1cc(I)ccc1NC(=O)c1ncccc1O. The summed E-state index contributed by atoms with van der Waals surface area (Å²) in [6.45, 7) is 0. The third kappa shape index (κ3) is 3.05. The van der Waals surface area contributed by atoms with Gasteiger partial charge in [0.05, 0.1) is 11.3 Å². The summed E-state index contributed by atoms with van der Waals surface area (Å²) in [5, 5.41) is 21.1. The van der Waals surface area contributed by atoms with Gasteiger partial charge >= 0.3 is 5.97 Å². The van der Waals surface area contributed by atoms with Crippen molar-refractivity contribution in [3.05, 3.63) is 51.4 Å². The average Bonchev–Trinajstić information content (AvgIpc) is 2.41. The zero-order valence-corrected chi connectivity index (χ0v) is 12.2. The van der Waals surface area contributed by atoms with Gasteiger partial charge in [0.2, 0.25) is 0 Å². The number of anilines is 1. The van der Waals surface area contributed by atoms with Gasteiger partial charge in [-0.15, -0.1) is 0 Å². The standard InChI is InChI=1S/C13H9IN2O4/c14-7-3-4-9(8(6-7)13(19)20)16-12(18)11-10(17)2-1-5-15-11/h1-6,17H,(H,16,18)(H,19,20). The Morgan fingerprint density at radius 3 is 2.65 bits per heavy atom. The number of benzene rings is 1. The molecule has 1 heterocycles. The van der Waals surface area contributed by atoms with Gasteiger partial charge in [0.15, 0.2) is 5.69 Å². The van der Waals surface area contributed by atoms with Crippen LogP contribution in [-0.2, 0) is 0 Å². The molecule has 0 spiro atoms. The molecule has 0 unspecified atom stereocenters. The summed E-state index contributed by atoms with van der Waals surface area (Å²) in [6, 6.07) is 7.41. The first kappa shape index (κ1) is 14.3. The number of halogens is 1. The quantitative estimate of drug-likeness (QED) is 0.706. The molecule has 0 saturated carbocycles. The number of hydrogen-bond donors (Lipinski definition) is 3. The van der Waals surface area contributed by atoms with Crippen molar-refractivity contribution in [1.82, 2.24) is 4.98 Å². The summed E-state index contributed by atoms with van der Waals surface area (Å²) in [4.78, 5) is 26.9. The molecule has 2 rings (SSSR count). The van der Waals surface area contributed by atoms with Crippen LogP contribution in [0, 0.1) is 3.57 Å². The Labute approximate surface area is 127 Å². The zero-order valence-electron chi connectivity index (χ0n) is 10.0. The van der Waals surface area contributed by atoms with E-state index < -0.39 is 11.9 Å². The van der Waals surface area contributed by atoms with Crippen molar-refractivity contribution in [2.75, 3.05) is 5.32 Å². The fraction of sp³-hybridized carbons (Fsp3) is 0. The van der Waals surface area contributed by atoms with Crippen molar-refractivity contribution in [1.29, 1.82) is 0 Å². The minimum Gasteiger partial charge on any atom is -0.505 e. The number of hydrogen-bond acceptors (Lipinski definition) is 4. The van der Waals surface area contributed by atoms with Crippen LogP contribution in [0.3, 0.4) is 0 Å². The predicted octanol–water partition coefficient (Wildman–Crippen LogP) is 2.34. The van der Waals surface area contributed by atoms with Gasteiger partial charge in [0.1, 0.15) is 5.75 Å². The van der Waals surface area contributed by atoms with E-state index in [1.807, 2.05) is 22.6 Å². The number of carboxylic acids is 1. The lowest BCUT2D eigenvalue weighted by Gasteiger charge is -2.09. The third-order valence-electron chi connectivity index (χ3n) is 2.46. The van der Waals surface area contributed by atoms with E-state index in [1.54, 1.807) is 6.07 Å². The molecule has 1 aromatic carbocycles. The second-order valence-corrected chi connectivity index (χ2v) is 5.07. The van der Waals surface area contributed by atoms with Crippen LogP contribution in [0.5, 0.6) is 5.75 Å². The van der Waals surface area contributed by atoms with E-state index in [2.05, 4.69) is 10.3 Å². The van der Waals surface area contributed by atoms with Gasteiger partial charge < -0.3 is 15.5 Å². The second-order valence-electron chi connectivity index (χ2n) is 3.82. The summed E-state index contributed by atoms with van der Waals surface area (Å²) >= 11 is 1.98. The maximum atomic E-state index is 12.0. The Hall–Kier alpha value is -2.16.